The van der Waals surface area contributed by atoms with E-state index in [1.807, 2.05) is 24.3 Å². The van der Waals surface area contributed by atoms with Gasteiger partial charge < -0.3 is 10.5 Å². The molecule has 24 heavy (non-hydrogen) atoms. The predicted molar refractivity (Wildman–Crippen MR) is 95.3 cm³/mol. The monoisotopic (exact) mass is 325 g/mol. The second-order valence-corrected chi connectivity index (χ2v) is 5.81. The number of hydrogen-bond acceptors (Lipinski definition) is 4. The number of rotatable bonds is 7. The molecule has 0 unspecified atom stereocenters. The zero-order chi connectivity index (χ0) is 17.5. The van der Waals surface area contributed by atoms with E-state index in [0.29, 0.717) is 24.1 Å². The Kier molecular flexibility index (Phi) is 6.13. The van der Waals surface area contributed by atoms with E-state index in [9.17, 15) is 9.59 Å². The summed E-state index contributed by atoms with van der Waals surface area (Å²) in [4.78, 5) is 23.8. The molecule has 126 valence electrons. The van der Waals surface area contributed by atoms with E-state index in [4.69, 9.17) is 10.5 Å². The maximum absolute atomic E-state index is 12.2. The lowest BCUT2D eigenvalue weighted by molar-refractivity contribution is 0.0600. The van der Waals surface area contributed by atoms with Gasteiger partial charge in [-0.1, -0.05) is 31.5 Å². The second kappa shape index (κ2) is 8.29. The Morgan fingerprint density at radius 1 is 1.08 bits per heavy atom. The number of Topliss-reactive ketones (excluding diaryl/α,β-unsaturated/α-hetero) is 1. The van der Waals surface area contributed by atoms with Gasteiger partial charge in [-0.2, -0.15) is 0 Å². The van der Waals surface area contributed by atoms with E-state index >= 15 is 0 Å². The van der Waals surface area contributed by atoms with Crippen LogP contribution in [0.2, 0.25) is 0 Å². The first kappa shape index (κ1) is 17.7. The van der Waals surface area contributed by atoms with Crippen molar-refractivity contribution in [1.82, 2.24) is 0 Å². The number of unbranched alkanes of at least 4 members (excludes halogenated alkanes) is 1. The van der Waals surface area contributed by atoms with Gasteiger partial charge in [0.25, 0.3) is 0 Å². The molecule has 0 aliphatic carbocycles. The highest BCUT2D eigenvalue weighted by Gasteiger charge is 2.10. The lowest BCUT2D eigenvalue weighted by Crippen LogP contribution is -2.05. The quantitative estimate of drug-likeness (QED) is 0.474. The lowest BCUT2D eigenvalue weighted by Gasteiger charge is -2.09. The first-order valence-corrected chi connectivity index (χ1v) is 8.14. The molecular formula is C20H23NO3. The van der Waals surface area contributed by atoms with Crippen molar-refractivity contribution in [2.24, 2.45) is 0 Å². The maximum atomic E-state index is 12.2. The summed E-state index contributed by atoms with van der Waals surface area (Å²) in [5, 5.41) is 0. The van der Waals surface area contributed by atoms with Crippen LogP contribution in [0, 0.1) is 0 Å². The third-order valence-corrected chi connectivity index (χ3v) is 3.96. The minimum atomic E-state index is -0.389. The molecule has 0 atom stereocenters. The molecule has 2 aromatic rings. The molecule has 2 rings (SSSR count). The van der Waals surface area contributed by atoms with Gasteiger partial charge in [-0.05, 0) is 48.2 Å². The second-order valence-electron chi connectivity index (χ2n) is 5.81. The van der Waals surface area contributed by atoms with E-state index in [-0.39, 0.29) is 11.8 Å². The van der Waals surface area contributed by atoms with Gasteiger partial charge in [0, 0.05) is 17.7 Å². The summed E-state index contributed by atoms with van der Waals surface area (Å²) in [5.74, 6) is -0.227. The average Bonchev–Trinajstić information content (AvgIpc) is 2.61. The molecule has 2 aromatic carbocycles. The molecule has 0 aromatic heterocycles. The van der Waals surface area contributed by atoms with Crippen LogP contribution in [0.15, 0.2) is 42.5 Å². The van der Waals surface area contributed by atoms with E-state index in [1.54, 1.807) is 18.2 Å². The number of carbonyl (C=O) groups is 2. The average molecular weight is 325 g/mol. The number of hydrogen-bond donors (Lipinski definition) is 1. The maximum Gasteiger partial charge on any atom is 0.337 e. The Hall–Kier alpha value is -2.62. The van der Waals surface area contributed by atoms with Crippen LogP contribution in [0.5, 0.6) is 0 Å². The highest BCUT2D eigenvalue weighted by molar-refractivity contribution is 5.96. The van der Waals surface area contributed by atoms with Crippen molar-refractivity contribution in [3.05, 3.63) is 64.7 Å². The van der Waals surface area contributed by atoms with Crippen LogP contribution in [-0.4, -0.2) is 18.9 Å². The van der Waals surface area contributed by atoms with Crippen molar-refractivity contribution in [2.75, 3.05) is 12.8 Å². The van der Waals surface area contributed by atoms with Gasteiger partial charge in [0.15, 0.2) is 5.78 Å². The molecule has 0 amide bonds. The topological polar surface area (TPSA) is 69.4 Å². The van der Waals surface area contributed by atoms with E-state index < -0.39 is 0 Å². The van der Waals surface area contributed by atoms with Crippen molar-refractivity contribution in [2.45, 2.75) is 32.6 Å². The van der Waals surface area contributed by atoms with Gasteiger partial charge in [0.1, 0.15) is 0 Å². The van der Waals surface area contributed by atoms with Crippen LogP contribution in [0.4, 0.5) is 5.69 Å². The number of benzene rings is 2. The molecule has 0 spiro atoms. The van der Waals surface area contributed by atoms with Gasteiger partial charge in [0.2, 0.25) is 0 Å². The number of ether oxygens (including phenoxy) is 1. The fourth-order valence-corrected chi connectivity index (χ4v) is 2.56. The van der Waals surface area contributed by atoms with Crippen LogP contribution >= 0.6 is 0 Å². The van der Waals surface area contributed by atoms with Crippen LogP contribution in [-0.2, 0) is 11.2 Å². The molecule has 0 aliphatic heterocycles. The van der Waals surface area contributed by atoms with Crippen LogP contribution < -0.4 is 5.73 Å². The molecule has 0 aliphatic rings. The number of ketones is 1. The summed E-state index contributed by atoms with van der Waals surface area (Å²) in [6.07, 6.45) is 3.03. The van der Waals surface area contributed by atoms with Crippen molar-refractivity contribution in [3.63, 3.8) is 0 Å². The summed E-state index contributed by atoms with van der Waals surface area (Å²) in [7, 11) is 1.35. The molecule has 0 saturated heterocycles. The molecule has 0 bridgehead atoms. The fourth-order valence-electron chi connectivity index (χ4n) is 2.56. The Balaban J connectivity index is 2.22. The molecule has 2 N–H and O–H groups in total. The number of nitrogen functional groups attached to an aromatic ring is 1. The van der Waals surface area contributed by atoms with E-state index in [1.165, 1.54) is 7.11 Å². The molecule has 0 heterocycles. The number of methoxy groups -OCH3 is 1. The van der Waals surface area contributed by atoms with Crippen molar-refractivity contribution in [3.8, 4) is 0 Å². The predicted octanol–water partition coefficient (Wildman–Crippen LogP) is 4.02. The third-order valence-electron chi connectivity index (χ3n) is 3.96. The molecule has 0 radical (unpaired) electrons. The summed E-state index contributed by atoms with van der Waals surface area (Å²) in [5.41, 5.74) is 9.67. The van der Waals surface area contributed by atoms with Gasteiger partial charge in [0.05, 0.1) is 12.7 Å². The summed E-state index contributed by atoms with van der Waals surface area (Å²) in [6.45, 7) is 2.07. The molecule has 0 fully saturated rings. The zero-order valence-electron chi connectivity index (χ0n) is 14.2. The van der Waals surface area contributed by atoms with Crippen LogP contribution in [0.3, 0.4) is 0 Å². The third kappa shape index (κ3) is 4.44. The van der Waals surface area contributed by atoms with Crippen LogP contribution in [0.25, 0.3) is 0 Å². The fraction of sp³-hybridized carbons (Fsp3) is 0.300. The van der Waals surface area contributed by atoms with Crippen molar-refractivity contribution >= 4 is 17.4 Å². The number of esters is 1. The van der Waals surface area contributed by atoms with E-state index in [0.717, 1.165) is 29.5 Å². The van der Waals surface area contributed by atoms with Gasteiger partial charge >= 0.3 is 5.97 Å². The molecular weight excluding hydrogens is 302 g/mol. The smallest absolute Gasteiger partial charge is 0.337 e. The van der Waals surface area contributed by atoms with Gasteiger partial charge in [-0.3, -0.25) is 4.79 Å². The summed E-state index contributed by atoms with van der Waals surface area (Å²) in [6, 6.07) is 12.7. The lowest BCUT2D eigenvalue weighted by atomic mass is 9.97. The first-order valence-electron chi connectivity index (χ1n) is 8.14. The molecule has 4 heteroatoms. The van der Waals surface area contributed by atoms with E-state index in [2.05, 4.69) is 6.92 Å². The van der Waals surface area contributed by atoms with Crippen LogP contribution in [0.1, 0.15) is 58.0 Å². The standard InChI is InChI=1S/C20H23NO3/c1-3-4-8-19(22)15-7-5-6-14(11-15)12-17-13-16(20(23)24-2)9-10-18(17)21/h5-7,9-11,13H,3-4,8,12,21H2,1-2H3. The highest BCUT2D eigenvalue weighted by atomic mass is 16.5. The van der Waals surface area contributed by atoms with Gasteiger partial charge in [-0.25, -0.2) is 4.79 Å². The number of carbonyl (C=O) groups excluding carboxylic acids is 2. The molecule has 4 nitrogen and oxygen atoms in total. The van der Waals surface area contributed by atoms with Gasteiger partial charge in [-0.15, -0.1) is 0 Å². The Morgan fingerprint density at radius 2 is 1.88 bits per heavy atom. The minimum absolute atomic E-state index is 0.162. The van der Waals surface area contributed by atoms with Crippen molar-refractivity contribution < 1.29 is 14.3 Å². The molecule has 0 saturated carbocycles. The normalized spacial score (nSPS) is 10.4. The number of anilines is 1. The Labute approximate surface area is 142 Å². The number of nitrogens with two attached hydrogens (primary N) is 1. The first-order chi connectivity index (χ1) is 11.5. The largest absolute Gasteiger partial charge is 0.465 e. The Morgan fingerprint density at radius 3 is 2.58 bits per heavy atom. The van der Waals surface area contributed by atoms with Crippen molar-refractivity contribution in [1.29, 1.82) is 0 Å². The summed E-state index contributed by atoms with van der Waals surface area (Å²) >= 11 is 0. The minimum Gasteiger partial charge on any atom is -0.465 e. The SMILES string of the molecule is CCCCC(=O)c1cccc(Cc2cc(C(=O)OC)ccc2N)c1. The summed E-state index contributed by atoms with van der Waals surface area (Å²) < 4.78 is 4.75. The Bertz CT molecular complexity index is 737. The highest BCUT2D eigenvalue weighted by Crippen LogP contribution is 2.20. The zero-order valence-corrected chi connectivity index (χ0v) is 14.2.